The fraction of sp³-hybridized carbons (Fsp3) is 0.0566. The Kier molecular flexibility index (Phi) is 7.99. The molecule has 0 bridgehead atoms. The zero-order valence-corrected chi connectivity index (χ0v) is 31.3. The van der Waals surface area contributed by atoms with Gasteiger partial charge in [0.15, 0.2) is 0 Å². The van der Waals surface area contributed by atoms with Gasteiger partial charge < -0.3 is 9.88 Å². The molecule has 0 spiro atoms. The Hall–Kier alpha value is -7.30. The standard InChI is InChI=1S/C53H38N4/c1-3-13-35(14-4-1)37-23-27-39(28-24-37)51-54-52(40-29-25-38(26-30-40)36-15-5-2-6-16-36)56-53(55-51)46-31-32-49(44-20-10-9-19-43(44)46)57-48-22-12-11-21-45(48)47-33-41-17-7-8-18-42(41)34-50(47)57/h1-30,32-34,46,51H,31H2,(H,54,55,56). The van der Waals surface area contributed by atoms with Gasteiger partial charge in [-0.15, -0.1) is 0 Å². The van der Waals surface area contributed by atoms with E-state index in [1.54, 1.807) is 0 Å². The van der Waals surface area contributed by atoms with Crippen molar-refractivity contribution in [3.8, 4) is 22.3 Å². The number of aliphatic imine (C=N–C) groups is 2. The molecule has 1 aliphatic carbocycles. The first-order chi connectivity index (χ1) is 28.2. The third-order valence-corrected chi connectivity index (χ3v) is 11.6. The topological polar surface area (TPSA) is 41.7 Å². The number of nitrogens with zero attached hydrogens (tertiary/aromatic N) is 3. The van der Waals surface area contributed by atoms with Crippen LogP contribution in [0.25, 0.3) is 60.5 Å². The summed E-state index contributed by atoms with van der Waals surface area (Å²) >= 11 is 0. The summed E-state index contributed by atoms with van der Waals surface area (Å²) in [6, 6.07) is 69.5. The van der Waals surface area contributed by atoms with Gasteiger partial charge in [0.05, 0.1) is 11.0 Å². The molecule has 4 heteroatoms. The molecule has 1 aromatic heterocycles. The van der Waals surface area contributed by atoms with Crippen LogP contribution in [0.2, 0.25) is 0 Å². The molecule has 57 heavy (non-hydrogen) atoms. The van der Waals surface area contributed by atoms with Gasteiger partial charge in [-0.1, -0.05) is 182 Å². The molecule has 1 N–H and O–H groups in total. The molecule has 9 aromatic rings. The molecule has 0 saturated heterocycles. The van der Waals surface area contributed by atoms with Crippen LogP contribution in [0.15, 0.2) is 210 Å². The van der Waals surface area contributed by atoms with E-state index in [1.807, 2.05) is 0 Å². The zero-order valence-electron chi connectivity index (χ0n) is 31.3. The van der Waals surface area contributed by atoms with E-state index in [-0.39, 0.29) is 12.1 Å². The fourth-order valence-electron chi connectivity index (χ4n) is 8.75. The van der Waals surface area contributed by atoms with Crippen LogP contribution in [-0.2, 0) is 0 Å². The number of amidine groups is 2. The van der Waals surface area contributed by atoms with Crippen LogP contribution in [0.1, 0.15) is 40.8 Å². The number of fused-ring (bicyclic) bond motifs is 5. The average molecular weight is 731 g/mol. The average Bonchev–Trinajstić information content (AvgIpc) is 3.61. The minimum Gasteiger partial charge on any atom is -0.344 e. The van der Waals surface area contributed by atoms with Crippen LogP contribution in [0.4, 0.5) is 0 Å². The molecule has 270 valence electrons. The van der Waals surface area contributed by atoms with Crippen LogP contribution >= 0.6 is 0 Å². The first kappa shape index (κ1) is 33.1. The lowest BCUT2D eigenvalue weighted by Gasteiger charge is -2.30. The van der Waals surface area contributed by atoms with Gasteiger partial charge in [0.25, 0.3) is 0 Å². The number of allylic oxidation sites excluding steroid dienone is 1. The van der Waals surface area contributed by atoms with Gasteiger partial charge in [0.1, 0.15) is 17.8 Å². The van der Waals surface area contributed by atoms with Gasteiger partial charge in [-0.3, -0.25) is 0 Å². The van der Waals surface area contributed by atoms with Crippen molar-refractivity contribution in [1.29, 1.82) is 0 Å². The molecule has 2 heterocycles. The lowest BCUT2D eigenvalue weighted by Crippen LogP contribution is -2.35. The highest BCUT2D eigenvalue weighted by atomic mass is 15.2. The van der Waals surface area contributed by atoms with Crippen LogP contribution in [-0.4, -0.2) is 16.2 Å². The molecule has 11 rings (SSSR count). The van der Waals surface area contributed by atoms with Crippen molar-refractivity contribution < 1.29 is 0 Å². The van der Waals surface area contributed by atoms with Gasteiger partial charge in [0.2, 0.25) is 0 Å². The Morgan fingerprint density at radius 3 is 1.81 bits per heavy atom. The van der Waals surface area contributed by atoms with Crippen molar-refractivity contribution in [3.05, 3.63) is 222 Å². The highest BCUT2D eigenvalue weighted by Gasteiger charge is 2.31. The summed E-state index contributed by atoms with van der Waals surface area (Å²) in [6.07, 6.45) is 2.89. The third-order valence-electron chi connectivity index (χ3n) is 11.6. The van der Waals surface area contributed by atoms with Gasteiger partial charge in [-0.25, -0.2) is 9.98 Å². The van der Waals surface area contributed by atoms with E-state index < -0.39 is 0 Å². The van der Waals surface area contributed by atoms with E-state index in [0.29, 0.717) is 0 Å². The first-order valence-corrected chi connectivity index (χ1v) is 19.7. The summed E-state index contributed by atoms with van der Waals surface area (Å²) in [5.41, 5.74) is 12.9. The largest absolute Gasteiger partial charge is 0.344 e. The molecule has 0 fully saturated rings. The number of aromatic nitrogens is 1. The SMILES string of the molecule is C1=C(n2c3ccccc3c3cc4ccccc4cc32)c2ccccc2C(C2=NC(c3ccc(-c4ccccc4)cc3)NC(c3ccc(-c4ccccc4)cc3)=N2)C1. The summed E-state index contributed by atoms with van der Waals surface area (Å²) in [6.45, 7) is 0. The third kappa shape index (κ3) is 5.85. The van der Waals surface area contributed by atoms with Crippen molar-refractivity contribution in [2.75, 3.05) is 0 Å². The van der Waals surface area contributed by atoms with Gasteiger partial charge in [0, 0.05) is 33.5 Å². The lowest BCUT2D eigenvalue weighted by atomic mass is 9.84. The fourth-order valence-corrected chi connectivity index (χ4v) is 8.75. The molecule has 2 atom stereocenters. The van der Waals surface area contributed by atoms with Crippen LogP contribution in [0.5, 0.6) is 0 Å². The van der Waals surface area contributed by atoms with E-state index in [0.717, 1.165) is 29.2 Å². The highest BCUT2D eigenvalue weighted by molar-refractivity contribution is 6.15. The molecular weight excluding hydrogens is 693 g/mol. The second-order valence-corrected chi connectivity index (χ2v) is 15.0. The smallest absolute Gasteiger partial charge is 0.147 e. The molecule has 1 aliphatic heterocycles. The number of rotatable bonds is 6. The molecule has 0 saturated carbocycles. The quantitative estimate of drug-likeness (QED) is 0.182. The highest BCUT2D eigenvalue weighted by Crippen LogP contribution is 2.42. The van der Waals surface area contributed by atoms with Gasteiger partial charge in [-0.05, 0) is 68.8 Å². The second kappa shape index (κ2) is 13.8. The maximum atomic E-state index is 5.42. The van der Waals surface area contributed by atoms with E-state index in [4.69, 9.17) is 9.98 Å². The zero-order chi connectivity index (χ0) is 37.7. The summed E-state index contributed by atoms with van der Waals surface area (Å²) in [5, 5.41) is 8.74. The second-order valence-electron chi connectivity index (χ2n) is 15.0. The first-order valence-electron chi connectivity index (χ1n) is 19.7. The van der Waals surface area contributed by atoms with Crippen molar-refractivity contribution in [2.24, 2.45) is 9.98 Å². The molecule has 2 aliphatic rings. The van der Waals surface area contributed by atoms with Gasteiger partial charge >= 0.3 is 0 Å². The molecule has 0 amide bonds. The predicted molar refractivity (Wildman–Crippen MR) is 238 cm³/mol. The Balaban J connectivity index is 1.02. The van der Waals surface area contributed by atoms with E-state index in [9.17, 15) is 0 Å². The Labute approximate surface area is 331 Å². The molecule has 2 unspecified atom stereocenters. The number of nitrogens with one attached hydrogen (secondary N) is 1. The lowest BCUT2D eigenvalue weighted by molar-refractivity contribution is 0.661. The van der Waals surface area contributed by atoms with Crippen LogP contribution in [0.3, 0.4) is 0 Å². The number of hydrogen-bond acceptors (Lipinski definition) is 3. The number of hydrogen-bond donors (Lipinski definition) is 1. The van der Waals surface area contributed by atoms with E-state index in [2.05, 4.69) is 210 Å². The van der Waals surface area contributed by atoms with E-state index in [1.165, 1.54) is 71.7 Å². The Morgan fingerprint density at radius 1 is 0.491 bits per heavy atom. The normalized spacial score (nSPS) is 16.5. The predicted octanol–water partition coefficient (Wildman–Crippen LogP) is 12.8. The Morgan fingerprint density at radius 2 is 1.07 bits per heavy atom. The van der Waals surface area contributed by atoms with Crippen LogP contribution < -0.4 is 5.32 Å². The monoisotopic (exact) mass is 730 g/mol. The van der Waals surface area contributed by atoms with Crippen molar-refractivity contribution in [2.45, 2.75) is 18.5 Å². The molecular formula is C53H38N4. The maximum Gasteiger partial charge on any atom is 0.147 e. The molecule has 8 aromatic carbocycles. The van der Waals surface area contributed by atoms with Crippen molar-refractivity contribution in [3.63, 3.8) is 0 Å². The van der Waals surface area contributed by atoms with Crippen molar-refractivity contribution in [1.82, 2.24) is 9.88 Å². The molecule has 4 nitrogen and oxygen atoms in total. The number of benzene rings is 8. The maximum absolute atomic E-state index is 5.42. The van der Waals surface area contributed by atoms with E-state index >= 15 is 0 Å². The minimum absolute atomic E-state index is 0.0225. The summed E-state index contributed by atoms with van der Waals surface area (Å²) in [5.74, 6) is 1.65. The van der Waals surface area contributed by atoms with Crippen molar-refractivity contribution >= 4 is 49.9 Å². The summed E-state index contributed by atoms with van der Waals surface area (Å²) in [4.78, 5) is 10.8. The van der Waals surface area contributed by atoms with Gasteiger partial charge in [-0.2, -0.15) is 0 Å². The minimum atomic E-state index is -0.297. The van der Waals surface area contributed by atoms with Crippen LogP contribution in [0, 0.1) is 0 Å². The summed E-state index contributed by atoms with van der Waals surface area (Å²) in [7, 11) is 0. The number of para-hydroxylation sites is 1. The summed E-state index contributed by atoms with van der Waals surface area (Å²) < 4.78 is 2.47. The molecule has 0 radical (unpaired) electrons. The Bertz CT molecular complexity index is 3040.